The molecule has 4 nitrogen and oxygen atoms in total. The zero-order valence-corrected chi connectivity index (χ0v) is 6.37. The summed E-state index contributed by atoms with van der Waals surface area (Å²) >= 11 is 0. The second kappa shape index (κ2) is 2.84. The van der Waals surface area contributed by atoms with E-state index in [1.807, 2.05) is 19.1 Å². The molecule has 0 saturated heterocycles. The van der Waals surface area contributed by atoms with E-state index >= 15 is 0 Å². The van der Waals surface area contributed by atoms with Crippen LogP contribution in [0.3, 0.4) is 0 Å². The molecule has 1 heterocycles. The summed E-state index contributed by atoms with van der Waals surface area (Å²) in [5.74, 6) is -0.373. The van der Waals surface area contributed by atoms with Gasteiger partial charge in [0.25, 0.3) is 0 Å². The normalized spacial score (nSPS) is 27.7. The molecular weight excluding hydrogens is 142 g/mol. The number of carbonyl (C=O) groups is 1. The van der Waals surface area contributed by atoms with Crippen LogP contribution in [0.2, 0.25) is 0 Å². The number of nitrogens with two attached hydrogens (primary N) is 1. The summed E-state index contributed by atoms with van der Waals surface area (Å²) < 4.78 is 0. The number of amides is 1. The van der Waals surface area contributed by atoms with Crippen LogP contribution in [-0.2, 0) is 4.79 Å². The van der Waals surface area contributed by atoms with E-state index in [-0.39, 0.29) is 12.5 Å². The standard InChI is InChI=1S/C7H11N3O/c1-7(3-2-4-9-7)10-5-6(8)11/h2-4,10H,5H2,1H3,(H2,8,11)/t7-/m0/s1. The molecule has 3 N–H and O–H groups in total. The Kier molecular flexibility index (Phi) is 2.05. The van der Waals surface area contributed by atoms with Crippen molar-refractivity contribution in [3.8, 4) is 0 Å². The Morgan fingerprint density at radius 2 is 2.55 bits per heavy atom. The second-order valence-electron chi connectivity index (χ2n) is 2.60. The molecule has 1 aliphatic heterocycles. The van der Waals surface area contributed by atoms with Gasteiger partial charge < -0.3 is 5.73 Å². The number of rotatable bonds is 3. The van der Waals surface area contributed by atoms with Crippen LogP contribution in [-0.4, -0.2) is 24.3 Å². The van der Waals surface area contributed by atoms with Crippen LogP contribution < -0.4 is 11.1 Å². The number of primary amides is 1. The summed E-state index contributed by atoms with van der Waals surface area (Å²) in [5.41, 5.74) is 4.52. The highest BCUT2D eigenvalue weighted by atomic mass is 16.1. The van der Waals surface area contributed by atoms with Crippen molar-refractivity contribution < 1.29 is 4.79 Å². The molecule has 0 spiro atoms. The average Bonchev–Trinajstić information content (AvgIpc) is 2.33. The predicted molar refractivity (Wildman–Crippen MR) is 43.2 cm³/mol. The zero-order chi connectivity index (χ0) is 8.32. The van der Waals surface area contributed by atoms with Crippen molar-refractivity contribution >= 4 is 12.1 Å². The predicted octanol–water partition coefficient (Wildman–Crippen LogP) is -0.582. The maximum Gasteiger partial charge on any atom is 0.231 e. The fourth-order valence-electron chi connectivity index (χ4n) is 0.842. The minimum Gasteiger partial charge on any atom is -0.369 e. The Balaban J connectivity index is 2.42. The fraction of sp³-hybridized carbons (Fsp3) is 0.429. The summed E-state index contributed by atoms with van der Waals surface area (Å²) in [4.78, 5) is 14.5. The first-order chi connectivity index (χ1) is 5.12. The van der Waals surface area contributed by atoms with E-state index in [4.69, 9.17) is 5.73 Å². The number of carbonyl (C=O) groups excluding carboxylic acids is 1. The lowest BCUT2D eigenvalue weighted by molar-refractivity contribution is -0.117. The van der Waals surface area contributed by atoms with E-state index in [2.05, 4.69) is 10.3 Å². The van der Waals surface area contributed by atoms with Crippen molar-refractivity contribution in [2.24, 2.45) is 10.7 Å². The second-order valence-corrected chi connectivity index (χ2v) is 2.60. The van der Waals surface area contributed by atoms with Crippen molar-refractivity contribution in [2.75, 3.05) is 6.54 Å². The van der Waals surface area contributed by atoms with Crippen LogP contribution in [0.25, 0.3) is 0 Å². The number of hydrogen-bond acceptors (Lipinski definition) is 3. The number of nitrogens with one attached hydrogen (secondary N) is 1. The van der Waals surface area contributed by atoms with Gasteiger partial charge in [-0.25, -0.2) is 0 Å². The highest BCUT2D eigenvalue weighted by molar-refractivity contribution is 5.77. The molecule has 0 aromatic carbocycles. The first-order valence-corrected chi connectivity index (χ1v) is 3.39. The SMILES string of the molecule is C[C@]1(NCC(N)=O)C=CC=N1. The van der Waals surface area contributed by atoms with Gasteiger partial charge in [-0.3, -0.25) is 15.1 Å². The highest BCUT2D eigenvalue weighted by Gasteiger charge is 2.20. The van der Waals surface area contributed by atoms with Gasteiger partial charge in [0.2, 0.25) is 5.91 Å². The number of nitrogens with zero attached hydrogens (tertiary/aromatic N) is 1. The van der Waals surface area contributed by atoms with E-state index in [9.17, 15) is 4.79 Å². The monoisotopic (exact) mass is 153 g/mol. The number of allylic oxidation sites excluding steroid dienone is 1. The minimum atomic E-state index is -0.435. The van der Waals surface area contributed by atoms with Crippen LogP contribution in [0, 0.1) is 0 Å². The zero-order valence-electron chi connectivity index (χ0n) is 6.37. The first-order valence-electron chi connectivity index (χ1n) is 3.39. The lowest BCUT2D eigenvalue weighted by atomic mass is 10.2. The molecule has 11 heavy (non-hydrogen) atoms. The van der Waals surface area contributed by atoms with Crippen molar-refractivity contribution in [1.82, 2.24) is 5.32 Å². The van der Waals surface area contributed by atoms with Gasteiger partial charge in [-0.15, -0.1) is 0 Å². The molecule has 0 aromatic heterocycles. The maximum absolute atomic E-state index is 10.4. The molecule has 0 radical (unpaired) electrons. The van der Waals surface area contributed by atoms with Crippen molar-refractivity contribution in [3.05, 3.63) is 12.2 Å². The molecular formula is C7H11N3O. The molecule has 1 aliphatic rings. The summed E-state index contributed by atoms with van der Waals surface area (Å²) in [5, 5.41) is 2.90. The maximum atomic E-state index is 10.4. The molecule has 0 fully saturated rings. The molecule has 4 heteroatoms. The highest BCUT2D eigenvalue weighted by Crippen LogP contribution is 2.10. The summed E-state index contributed by atoms with van der Waals surface area (Å²) in [7, 11) is 0. The molecule has 0 aromatic rings. The van der Waals surface area contributed by atoms with Gasteiger partial charge in [-0.2, -0.15) is 0 Å². The van der Waals surface area contributed by atoms with Gasteiger partial charge in [-0.1, -0.05) is 0 Å². The van der Waals surface area contributed by atoms with Crippen LogP contribution in [0.5, 0.6) is 0 Å². The van der Waals surface area contributed by atoms with E-state index in [1.165, 1.54) is 0 Å². The van der Waals surface area contributed by atoms with Gasteiger partial charge in [0, 0.05) is 6.21 Å². The summed E-state index contributed by atoms with van der Waals surface area (Å²) in [6, 6.07) is 0. The summed E-state index contributed by atoms with van der Waals surface area (Å²) in [6.07, 6.45) is 5.39. The van der Waals surface area contributed by atoms with Gasteiger partial charge in [0.05, 0.1) is 6.54 Å². The molecule has 0 aliphatic carbocycles. The smallest absolute Gasteiger partial charge is 0.231 e. The Morgan fingerprint density at radius 3 is 3.00 bits per heavy atom. The third-order valence-corrected chi connectivity index (χ3v) is 1.47. The summed E-state index contributed by atoms with van der Waals surface area (Å²) in [6.45, 7) is 2.02. The molecule has 1 amide bonds. The van der Waals surface area contributed by atoms with Crippen LogP contribution >= 0.6 is 0 Å². The molecule has 0 bridgehead atoms. The quantitative estimate of drug-likeness (QED) is 0.569. The average molecular weight is 153 g/mol. The number of aliphatic imine (C=N–C) groups is 1. The van der Waals surface area contributed by atoms with E-state index in [0.717, 1.165) is 0 Å². The van der Waals surface area contributed by atoms with E-state index < -0.39 is 5.66 Å². The van der Waals surface area contributed by atoms with Crippen LogP contribution in [0.1, 0.15) is 6.92 Å². The third-order valence-electron chi connectivity index (χ3n) is 1.47. The Bertz CT molecular complexity index is 208. The molecule has 1 rings (SSSR count). The van der Waals surface area contributed by atoms with Gasteiger partial charge in [-0.05, 0) is 19.1 Å². The van der Waals surface area contributed by atoms with Crippen molar-refractivity contribution in [3.63, 3.8) is 0 Å². The molecule has 1 atom stereocenters. The van der Waals surface area contributed by atoms with Crippen molar-refractivity contribution in [2.45, 2.75) is 12.6 Å². The number of hydrogen-bond donors (Lipinski definition) is 2. The fourth-order valence-corrected chi connectivity index (χ4v) is 0.842. The molecule has 0 unspecified atom stereocenters. The van der Waals surface area contributed by atoms with Crippen LogP contribution in [0.15, 0.2) is 17.1 Å². The van der Waals surface area contributed by atoms with Gasteiger partial charge >= 0.3 is 0 Å². The lowest BCUT2D eigenvalue weighted by Gasteiger charge is -2.18. The van der Waals surface area contributed by atoms with Crippen LogP contribution in [0.4, 0.5) is 0 Å². The Morgan fingerprint density at radius 1 is 1.82 bits per heavy atom. The topological polar surface area (TPSA) is 67.5 Å². The lowest BCUT2D eigenvalue weighted by Crippen LogP contribution is -2.42. The third kappa shape index (κ3) is 2.16. The minimum absolute atomic E-state index is 0.151. The van der Waals surface area contributed by atoms with E-state index in [0.29, 0.717) is 0 Å². The van der Waals surface area contributed by atoms with Gasteiger partial charge in [0.1, 0.15) is 5.66 Å². The Labute approximate surface area is 65.2 Å². The first kappa shape index (κ1) is 7.94. The van der Waals surface area contributed by atoms with Crippen molar-refractivity contribution in [1.29, 1.82) is 0 Å². The Hall–Kier alpha value is -1.16. The molecule has 0 saturated carbocycles. The van der Waals surface area contributed by atoms with Gasteiger partial charge in [0.15, 0.2) is 0 Å². The van der Waals surface area contributed by atoms with E-state index in [1.54, 1.807) is 6.21 Å². The molecule has 60 valence electrons. The largest absolute Gasteiger partial charge is 0.369 e.